The Labute approximate surface area is 107 Å². The molecule has 3 atom stereocenters. The maximum Gasteiger partial charge on any atom is 0.362 e. The molecule has 104 valence electrons. The van der Waals surface area contributed by atoms with E-state index >= 15 is 0 Å². The molecule has 0 radical (unpaired) electrons. The smallest absolute Gasteiger partial charge is 0.362 e. The fourth-order valence-corrected chi connectivity index (χ4v) is 1.92. The number of aliphatic hydroxyl groups is 2. The van der Waals surface area contributed by atoms with Gasteiger partial charge in [-0.05, 0) is 6.07 Å². The molecule has 2 heterocycles. The van der Waals surface area contributed by atoms with Crippen LogP contribution in [0.3, 0.4) is 0 Å². The summed E-state index contributed by atoms with van der Waals surface area (Å²) in [6.07, 6.45) is -2.94. The Kier molecular flexibility index (Phi) is 3.48. The van der Waals surface area contributed by atoms with Crippen LogP contribution >= 0.6 is 0 Å². The molecule has 1 aromatic heterocycles. The van der Waals surface area contributed by atoms with Crippen molar-refractivity contribution in [2.45, 2.75) is 24.4 Å². The van der Waals surface area contributed by atoms with Gasteiger partial charge in [0.2, 0.25) is 0 Å². The van der Waals surface area contributed by atoms with Crippen LogP contribution in [-0.2, 0) is 4.74 Å². The minimum absolute atomic E-state index is 0.0313. The molecular weight excluding hydrogens is 262 g/mol. The quantitative estimate of drug-likeness (QED) is 0.614. The van der Waals surface area contributed by atoms with Crippen LogP contribution in [0.15, 0.2) is 24.5 Å². The van der Waals surface area contributed by atoms with Crippen LogP contribution in [-0.4, -0.2) is 40.9 Å². The number of halogens is 2. The number of hydrogen-bond donors (Lipinski definition) is 3. The number of ether oxygens (including phenoxy) is 1. The average molecular weight is 275 g/mol. The van der Waals surface area contributed by atoms with Crippen molar-refractivity contribution >= 4 is 5.91 Å². The van der Waals surface area contributed by atoms with Crippen LogP contribution in [0.2, 0.25) is 0 Å². The fourth-order valence-electron chi connectivity index (χ4n) is 1.92. The Hall–Kier alpha value is -1.64. The van der Waals surface area contributed by atoms with Gasteiger partial charge in [0.25, 0.3) is 5.91 Å². The first-order valence-electron chi connectivity index (χ1n) is 5.50. The minimum Gasteiger partial charge on any atom is -0.394 e. The molecule has 1 aliphatic rings. The van der Waals surface area contributed by atoms with E-state index in [1.165, 1.54) is 18.3 Å². The molecule has 0 aromatic carbocycles. The van der Waals surface area contributed by atoms with Crippen LogP contribution in [0.5, 0.6) is 0 Å². The van der Waals surface area contributed by atoms with E-state index in [0.717, 1.165) is 10.8 Å². The molecular formula is C11H13F2N2O4+. The third kappa shape index (κ3) is 2.29. The highest BCUT2D eigenvalue weighted by Gasteiger charge is 2.63. The third-order valence-electron chi connectivity index (χ3n) is 2.94. The van der Waals surface area contributed by atoms with E-state index < -0.39 is 36.9 Å². The molecule has 1 aromatic rings. The van der Waals surface area contributed by atoms with Gasteiger partial charge in [-0.15, -0.1) is 0 Å². The number of carbonyl (C=O) groups excluding carboxylic acids is 1. The first-order chi connectivity index (χ1) is 8.87. The number of carbonyl (C=O) groups is 1. The lowest BCUT2D eigenvalue weighted by molar-refractivity contribution is -0.775. The van der Waals surface area contributed by atoms with Gasteiger partial charge in [0.05, 0.1) is 6.61 Å². The highest BCUT2D eigenvalue weighted by atomic mass is 19.3. The zero-order valence-corrected chi connectivity index (χ0v) is 9.74. The lowest BCUT2D eigenvalue weighted by Crippen LogP contribution is -2.50. The van der Waals surface area contributed by atoms with E-state index in [1.807, 2.05) is 0 Å². The second kappa shape index (κ2) is 4.80. The summed E-state index contributed by atoms with van der Waals surface area (Å²) in [6.45, 7) is -0.733. The molecule has 8 heteroatoms. The monoisotopic (exact) mass is 275 g/mol. The predicted octanol–water partition coefficient (Wildman–Crippen LogP) is -1.04. The van der Waals surface area contributed by atoms with Gasteiger partial charge in [0.1, 0.15) is 11.7 Å². The number of amides is 1. The summed E-state index contributed by atoms with van der Waals surface area (Å²) < 4.78 is 33.5. The summed E-state index contributed by atoms with van der Waals surface area (Å²) in [7, 11) is 0. The molecule has 0 bridgehead atoms. The van der Waals surface area contributed by atoms with E-state index in [4.69, 9.17) is 15.6 Å². The Morgan fingerprint density at radius 3 is 2.79 bits per heavy atom. The number of pyridine rings is 1. The number of hydrogen-bond acceptors (Lipinski definition) is 4. The second-order valence-corrected chi connectivity index (χ2v) is 4.23. The number of nitrogens with zero attached hydrogens (tertiary/aromatic N) is 1. The van der Waals surface area contributed by atoms with Crippen molar-refractivity contribution in [2.24, 2.45) is 5.73 Å². The summed E-state index contributed by atoms with van der Waals surface area (Å²) in [4.78, 5) is 11.0. The lowest BCUT2D eigenvalue weighted by Gasteiger charge is -2.15. The Bertz CT molecular complexity index is 497. The Balaban J connectivity index is 2.36. The van der Waals surface area contributed by atoms with Crippen LogP contribution in [0, 0.1) is 0 Å². The van der Waals surface area contributed by atoms with Crippen LogP contribution in [0.1, 0.15) is 16.6 Å². The lowest BCUT2D eigenvalue weighted by atomic mass is 10.1. The molecule has 19 heavy (non-hydrogen) atoms. The summed E-state index contributed by atoms with van der Waals surface area (Å²) >= 11 is 0. The van der Waals surface area contributed by atoms with Crippen molar-refractivity contribution in [3.05, 3.63) is 30.1 Å². The first kappa shape index (κ1) is 13.8. The SMILES string of the molecule is NC(=O)c1ccc[n+]([C@@H]2O[C@H](CO)C(O)C2(F)F)c1. The molecule has 1 aliphatic heterocycles. The van der Waals surface area contributed by atoms with Crippen molar-refractivity contribution in [2.75, 3.05) is 6.61 Å². The molecule has 1 amide bonds. The average Bonchev–Trinajstić information content (AvgIpc) is 2.61. The largest absolute Gasteiger partial charge is 0.394 e. The maximum atomic E-state index is 13.8. The van der Waals surface area contributed by atoms with Gasteiger partial charge in [0, 0.05) is 6.07 Å². The van der Waals surface area contributed by atoms with Gasteiger partial charge in [-0.1, -0.05) is 0 Å². The van der Waals surface area contributed by atoms with E-state index in [2.05, 4.69) is 0 Å². The summed E-state index contributed by atoms with van der Waals surface area (Å²) in [5.74, 6) is -4.36. The van der Waals surface area contributed by atoms with Gasteiger partial charge >= 0.3 is 12.2 Å². The van der Waals surface area contributed by atoms with Crippen LogP contribution in [0.4, 0.5) is 8.78 Å². The molecule has 6 nitrogen and oxygen atoms in total. The summed E-state index contributed by atoms with van der Waals surface area (Å²) in [5, 5.41) is 18.3. The minimum atomic E-state index is -3.59. The topological polar surface area (TPSA) is 96.7 Å². The summed E-state index contributed by atoms with van der Waals surface area (Å²) in [5.41, 5.74) is 5.09. The predicted molar refractivity (Wildman–Crippen MR) is 57.1 cm³/mol. The molecule has 0 aliphatic carbocycles. The van der Waals surface area contributed by atoms with Crippen molar-refractivity contribution in [1.29, 1.82) is 0 Å². The van der Waals surface area contributed by atoms with Gasteiger partial charge in [-0.25, -0.2) is 0 Å². The van der Waals surface area contributed by atoms with Crippen molar-refractivity contribution < 1.29 is 33.1 Å². The Morgan fingerprint density at radius 1 is 1.58 bits per heavy atom. The van der Waals surface area contributed by atoms with E-state index in [0.29, 0.717) is 0 Å². The first-order valence-corrected chi connectivity index (χ1v) is 5.50. The zero-order valence-electron chi connectivity index (χ0n) is 9.74. The maximum absolute atomic E-state index is 13.8. The van der Waals surface area contributed by atoms with Crippen molar-refractivity contribution in [3.63, 3.8) is 0 Å². The molecule has 1 saturated heterocycles. The van der Waals surface area contributed by atoms with Crippen molar-refractivity contribution in [1.82, 2.24) is 0 Å². The van der Waals surface area contributed by atoms with Crippen LogP contribution < -0.4 is 10.3 Å². The third-order valence-corrected chi connectivity index (χ3v) is 2.94. The number of primary amides is 1. The van der Waals surface area contributed by atoms with Gasteiger partial charge in [-0.2, -0.15) is 13.3 Å². The number of aromatic nitrogens is 1. The number of nitrogens with two attached hydrogens (primary N) is 1. The highest BCUT2D eigenvalue weighted by molar-refractivity contribution is 5.92. The van der Waals surface area contributed by atoms with Gasteiger partial charge < -0.3 is 20.7 Å². The second-order valence-electron chi connectivity index (χ2n) is 4.23. The highest BCUT2D eigenvalue weighted by Crippen LogP contribution is 2.39. The van der Waals surface area contributed by atoms with E-state index in [-0.39, 0.29) is 5.56 Å². The fraction of sp³-hybridized carbons (Fsp3) is 0.455. The Morgan fingerprint density at radius 2 is 2.26 bits per heavy atom. The van der Waals surface area contributed by atoms with E-state index in [1.54, 1.807) is 0 Å². The zero-order chi connectivity index (χ0) is 14.2. The summed E-state index contributed by atoms with van der Waals surface area (Å²) in [6, 6.07) is 2.73. The molecule has 1 fully saturated rings. The standard InChI is InChI=1S/C11H12F2N2O4/c12-11(13)8(17)7(5-16)19-10(11)15-3-1-2-6(4-15)9(14)18/h1-4,7-8,10,16-17H,5H2,(H-,14,18)/p+1/t7-,8?,10-/m1/s1. The van der Waals surface area contributed by atoms with Crippen LogP contribution in [0.25, 0.3) is 0 Å². The molecule has 1 unspecified atom stereocenters. The van der Waals surface area contributed by atoms with Gasteiger partial charge in [0.15, 0.2) is 18.5 Å². The van der Waals surface area contributed by atoms with E-state index in [9.17, 15) is 18.7 Å². The number of rotatable bonds is 3. The molecule has 4 N–H and O–H groups in total. The molecule has 0 saturated carbocycles. The number of alkyl halides is 2. The van der Waals surface area contributed by atoms with Gasteiger partial charge in [-0.3, -0.25) is 4.79 Å². The van der Waals surface area contributed by atoms with Crippen molar-refractivity contribution in [3.8, 4) is 0 Å². The molecule has 0 spiro atoms. The number of aliphatic hydroxyl groups excluding tert-OH is 2. The molecule has 2 rings (SSSR count). The normalized spacial score (nSPS) is 29.4.